The van der Waals surface area contributed by atoms with Gasteiger partial charge < -0.3 is 26.4 Å². The Balaban J connectivity index is 1.38. The summed E-state index contributed by atoms with van der Waals surface area (Å²) in [6.07, 6.45) is 5.51. The lowest BCUT2D eigenvalue weighted by atomic mass is 10.0. The van der Waals surface area contributed by atoms with Gasteiger partial charge in [-0.2, -0.15) is 0 Å². The van der Waals surface area contributed by atoms with Crippen LogP contribution in [0.15, 0.2) is 16.9 Å². The number of nitrogens with two attached hydrogens (primary N) is 2. The van der Waals surface area contributed by atoms with Crippen LogP contribution in [0.5, 0.6) is 0 Å². The Bertz CT molecular complexity index is 490. The molecule has 0 amide bonds. The molecule has 7 nitrogen and oxygen atoms in total. The molecule has 3 heterocycles. The Hall–Kier alpha value is -1.31. The van der Waals surface area contributed by atoms with Crippen molar-refractivity contribution in [1.82, 2.24) is 15.1 Å². The number of hydrogen-bond acceptors (Lipinski definition) is 7. The normalized spacial score (nSPS) is 33.8. The number of likely N-dealkylation sites (tertiary alicyclic amines) is 1. The van der Waals surface area contributed by atoms with E-state index in [4.69, 9.17) is 16.2 Å². The predicted molar refractivity (Wildman–Crippen MR) is 84.9 cm³/mol. The molecule has 5 N–H and O–H groups in total. The highest BCUT2D eigenvalue weighted by Crippen LogP contribution is 2.38. The molecule has 1 saturated carbocycles. The maximum atomic E-state index is 6.44. The first-order valence-electron chi connectivity index (χ1n) is 8.32. The molecule has 1 aliphatic carbocycles. The molecule has 1 atom stereocenters. The van der Waals surface area contributed by atoms with E-state index in [0.29, 0.717) is 12.0 Å². The first-order chi connectivity index (χ1) is 10.6. The highest BCUT2D eigenvalue weighted by molar-refractivity contribution is 5.81. The Labute approximate surface area is 131 Å². The van der Waals surface area contributed by atoms with Crippen LogP contribution in [-0.4, -0.2) is 66.9 Å². The number of guanidine groups is 1. The van der Waals surface area contributed by atoms with Crippen molar-refractivity contribution >= 4 is 5.96 Å². The van der Waals surface area contributed by atoms with Gasteiger partial charge in [0.15, 0.2) is 5.96 Å². The van der Waals surface area contributed by atoms with Gasteiger partial charge in [0, 0.05) is 32.2 Å². The Morgan fingerprint density at radius 2 is 2.05 bits per heavy atom. The van der Waals surface area contributed by atoms with Crippen LogP contribution in [0.4, 0.5) is 0 Å². The van der Waals surface area contributed by atoms with E-state index in [9.17, 15) is 0 Å². The van der Waals surface area contributed by atoms with Crippen LogP contribution < -0.4 is 16.8 Å². The molecule has 4 rings (SSSR count). The molecule has 0 aromatic heterocycles. The van der Waals surface area contributed by atoms with Gasteiger partial charge >= 0.3 is 0 Å². The Kier molecular flexibility index (Phi) is 3.51. The van der Waals surface area contributed by atoms with Gasteiger partial charge in [-0.05, 0) is 18.4 Å². The lowest BCUT2D eigenvalue weighted by Crippen LogP contribution is -2.63. The molecule has 2 saturated heterocycles. The average molecular weight is 306 g/mol. The van der Waals surface area contributed by atoms with Crippen molar-refractivity contribution in [3.8, 4) is 0 Å². The zero-order chi connectivity index (χ0) is 15.2. The number of nitrogens with one attached hydrogen (secondary N) is 1. The summed E-state index contributed by atoms with van der Waals surface area (Å²) in [6.45, 7) is 5.82. The van der Waals surface area contributed by atoms with Crippen LogP contribution in [0.1, 0.15) is 19.3 Å². The van der Waals surface area contributed by atoms with Gasteiger partial charge in [0.2, 0.25) is 0 Å². The molecule has 0 spiro atoms. The summed E-state index contributed by atoms with van der Waals surface area (Å²) in [5.74, 6) is 2.19. The number of nitrogens with zero attached hydrogens (tertiary/aromatic N) is 3. The average Bonchev–Trinajstić information content (AvgIpc) is 3.20. The van der Waals surface area contributed by atoms with Crippen molar-refractivity contribution in [1.29, 1.82) is 0 Å². The molecule has 7 heteroatoms. The number of hydrogen-bond donors (Lipinski definition) is 3. The van der Waals surface area contributed by atoms with E-state index in [0.717, 1.165) is 57.6 Å². The minimum Gasteiger partial charge on any atom is -0.379 e. The summed E-state index contributed by atoms with van der Waals surface area (Å²) in [4.78, 5) is 9.26. The van der Waals surface area contributed by atoms with Crippen molar-refractivity contribution in [2.75, 3.05) is 39.4 Å². The minimum absolute atomic E-state index is 0.440. The van der Waals surface area contributed by atoms with Crippen LogP contribution in [0, 0.1) is 5.92 Å². The Morgan fingerprint density at radius 3 is 2.73 bits per heavy atom. The van der Waals surface area contributed by atoms with Crippen molar-refractivity contribution in [3.63, 3.8) is 0 Å². The van der Waals surface area contributed by atoms with Crippen molar-refractivity contribution in [2.45, 2.75) is 31.0 Å². The number of ether oxygens (including phenoxy) is 1. The van der Waals surface area contributed by atoms with Gasteiger partial charge in [0.1, 0.15) is 11.5 Å². The van der Waals surface area contributed by atoms with E-state index in [2.05, 4.69) is 26.2 Å². The quantitative estimate of drug-likeness (QED) is 0.631. The fourth-order valence-corrected chi connectivity index (χ4v) is 3.57. The van der Waals surface area contributed by atoms with E-state index >= 15 is 0 Å². The van der Waals surface area contributed by atoms with Crippen molar-refractivity contribution in [3.05, 3.63) is 11.9 Å². The first kappa shape index (κ1) is 14.3. The molecule has 122 valence electrons. The molecule has 0 aromatic rings. The maximum Gasteiger partial charge on any atom is 0.196 e. The van der Waals surface area contributed by atoms with Gasteiger partial charge in [0.25, 0.3) is 0 Å². The monoisotopic (exact) mass is 306 g/mol. The third-order valence-electron chi connectivity index (χ3n) is 5.05. The number of aliphatic imine (C=N–C) groups is 1. The lowest BCUT2D eigenvalue weighted by Gasteiger charge is -2.49. The van der Waals surface area contributed by atoms with Gasteiger partial charge in [0.05, 0.1) is 13.2 Å². The fraction of sp³-hybridized carbons (Fsp3) is 0.800. The standard InChI is InChI=1S/C15H26N6O/c16-14-18-13(8-15(17,19-14)7-11-1-2-11)21-9-12(10-21)20-3-5-22-6-4-20/h8,11-12H,1-7,9-10,17H2,(H3,16,18,19). The number of morpholine rings is 1. The van der Waals surface area contributed by atoms with Crippen LogP contribution in [0.25, 0.3) is 0 Å². The summed E-state index contributed by atoms with van der Waals surface area (Å²) in [5.41, 5.74) is 11.8. The molecule has 1 unspecified atom stereocenters. The second-order valence-electron chi connectivity index (χ2n) is 7.00. The molecule has 0 bridgehead atoms. The third-order valence-corrected chi connectivity index (χ3v) is 5.05. The number of rotatable bonds is 4. The lowest BCUT2D eigenvalue weighted by molar-refractivity contribution is -0.0239. The van der Waals surface area contributed by atoms with Crippen LogP contribution >= 0.6 is 0 Å². The van der Waals surface area contributed by atoms with Crippen molar-refractivity contribution < 1.29 is 4.74 Å². The molecular weight excluding hydrogens is 280 g/mol. The van der Waals surface area contributed by atoms with E-state index in [1.807, 2.05) is 0 Å². The zero-order valence-corrected chi connectivity index (χ0v) is 13.0. The van der Waals surface area contributed by atoms with E-state index < -0.39 is 5.66 Å². The summed E-state index contributed by atoms with van der Waals surface area (Å²) >= 11 is 0. The topological polar surface area (TPSA) is 92.1 Å². The van der Waals surface area contributed by atoms with Gasteiger partial charge in [-0.1, -0.05) is 12.8 Å². The summed E-state index contributed by atoms with van der Waals surface area (Å²) in [7, 11) is 0. The van der Waals surface area contributed by atoms with Crippen LogP contribution in [0.3, 0.4) is 0 Å². The van der Waals surface area contributed by atoms with Crippen molar-refractivity contribution in [2.24, 2.45) is 22.4 Å². The van der Waals surface area contributed by atoms with E-state index in [1.54, 1.807) is 0 Å². The smallest absolute Gasteiger partial charge is 0.196 e. The molecule has 4 aliphatic rings. The van der Waals surface area contributed by atoms with E-state index in [1.165, 1.54) is 12.8 Å². The Morgan fingerprint density at radius 1 is 1.32 bits per heavy atom. The largest absolute Gasteiger partial charge is 0.379 e. The molecule has 3 aliphatic heterocycles. The molecule has 0 radical (unpaired) electrons. The SMILES string of the molecule is NC1=NC(N)(CC2CC2)C=C(N2CC(N3CCOCC3)C2)N1. The fourth-order valence-electron chi connectivity index (χ4n) is 3.57. The highest BCUT2D eigenvalue weighted by atomic mass is 16.5. The summed E-state index contributed by atoms with van der Waals surface area (Å²) < 4.78 is 5.42. The molecular formula is C15H26N6O. The highest BCUT2D eigenvalue weighted by Gasteiger charge is 2.39. The summed E-state index contributed by atoms with van der Waals surface area (Å²) in [6, 6.07) is 0.613. The van der Waals surface area contributed by atoms with Gasteiger partial charge in [-0.15, -0.1) is 0 Å². The zero-order valence-electron chi connectivity index (χ0n) is 13.0. The van der Waals surface area contributed by atoms with E-state index in [-0.39, 0.29) is 0 Å². The predicted octanol–water partition coefficient (Wildman–Crippen LogP) is -0.783. The first-order valence-corrected chi connectivity index (χ1v) is 8.32. The maximum absolute atomic E-state index is 6.44. The third kappa shape index (κ3) is 2.93. The van der Waals surface area contributed by atoms with Gasteiger partial charge in [-0.25, -0.2) is 4.99 Å². The minimum atomic E-state index is -0.629. The van der Waals surface area contributed by atoms with Crippen LogP contribution in [0.2, 0.25) is 0 Å². The second-order valence-corrected chi connectivity index (χ2v) is 7.00. The van der Waals surface area contributed by atoms with Gasteiger partial charge in [-0.3, -0.25) is 4.90 Å². The molecule has 22 heavy (non-hydrogen) atoms. The second kappa shape index (κ2) is 5.40. The van der Waals surface area contributed by atoms with Crippen LogP contribution in [-0.2, 0) is 4.74 Å². The molecule has 0 aromatic carbocycles. The summed E-state index contributed by atoms with van der Waals surface area (Å²) in [5, 5.41) is 3.18. The molecule has 3 fully saturated rings.